The highest BCUT2D eigenvalue weighted by atomic mass is 19.4. The molecule has 0 saturated carbocycles. The SMILES string of the molecule is COc1ccc(F)cc1C(C)(C)CC(O)(Cn1cc/c(=N\C(c2ccccc2)(c2ccccc2)c2ccccc2)c2ccccc21)C(F)(F)F. The highest BCUT2D eigenvalue weighted by molar-refractivity contribution is 5.78. The summed E-state index contributed by atoms with van der Waals surface area (Å²) in [7, 11) is 1.37. The van der Waals surface area contributed by atoms with Crippen molar-refractivity contribution in [1.29, 1.82) is 0 Å². The van der Waals surface area contributed by atoms with Crippen molar-refractivity contribution in [3.8, 4) is 5.75 Å². The van der Waals surface area contributed by atoms with Crippen molar-refractivity contribution in [1.82, 2.24) is 4.57 Å². The van der Waals surface area contributed by atoms with Crippen LogP contribution >= 0.6 is 0 Å². The van der Waals surface area contributed by atoms with E-state index in [1.165, 1.54) is 23.8 Å². The second-order valence-corrected chi connectivity index (χ2v) is 13.2. The molecule has 0 bridgehead atoms. The van der Waals surface area contributed by atoms with Gasteiger partial charge < -0.3 is 14.4 Å². The maximum Gasteiger partial charge on any atom is 0.418 e. The van der Waals surface area contributed by atoms with Crippen molar-refractivity contribution >= 4 is 10.9 Å². The third-order valence-electron chi connectivity index (χ3n) is 9.35. The van der Waals surface area contributed by atoms with Gasteiger partial charge in [-0.05, 0) is 58.9 Å². The summed E-state index contributed by atoms with van der Waals surface area (Å²) in [5, 5.41) is 12.8. The Morgan fingerprint density at radius 3 is 1.74 bits per heavy atom. The van der Waals surface area contributed by atoms with Gasteiger partial charge in [0.05, 0.1) is 24.5 Å². The number of aromatic nitrogens is 1. The Labute approximate surface area is 289 Å². The number of hydrogen-bond acceptors (Lipinski definition) is 3. The molecular formula is C42H38F4N2O2. The summed E-state index contributed by atoms with van der Waals surface area (Å²) >= 11 is 0. The molecule has 6 aromatic rings. The van der Waals surface area contributed by atoms with Crippen molar-refractivity contribution in [2.75, 3.05) is 7.11 Å². The van der Waals surface area contributed by atoms with E-state index in [1.54, 1.807) is 38.2 Å². The fourth-order valence-corrected chi connectivity index (χ4v) is 6.98. The van der Waals surface area contributed by atoms with E-state index in [2.05, 4.69) is 0 Å². The topological polar surface area (TPSA) is 46.8 Å². The highest BCUT2D eigenvalue weighted by Crippen LogP contribution is 2.45. The molecular weight excluding hydrogens is 640 g/mol. The normalized spacial score (nSPS) is 14.0. The van der Waals surface area contributed by atoms with Crippen LogP contribution in [0.3, 0.4) is 0 Å². The predicted molar refractivity (Wildman–Crippen MR) is 188 cm³/mol. The second kappa shape index (κ2) is 13.6. The number of nitrogens with zero attached hydrogens (tertiary/aromatic N) is 2. The van der Waals surface area contributed by atoms with Crippen molar-refractivity contribution in [3.63, 3.8) is 0 Å². The molecule has 0 aliphatic heterocycles. The average molecular weight is 679 g/mol. The molecule has 6 rings (SSSR count). The minimum absolute atomic E-state index is 0.228. The lowest BCUT2D eigenvalue weighted by molar-refractivity contribution is -0.271. The van der Waals surface area contributed by atoms with Gasteiger partial charge in [0, 0.05) is 17.1 Å². The zero-order chi connectivity index (χ0) is 35.6. The number of halogens is 4. The summed E-state index contributed by atoms with van der Waals surface area (Å²) in [6.07, 6.45) is -4.24. The number of methoxy groups -OCH3 is 1. The predicted octanol–water partition coefficient (Wildman–Crippen LogP) is 9.34. The molecule has 0 saturated heterocycles. The van der Waals surface area contributed by atoms with Gasteiger partial charge >= 0.3 is 6.18 Å². The van der Waals surface area contributed by atoms with E-state index in [9.17, 15) is 22.7 Å². The lowest BCUT2D eigenvalue weighted by Gasteiger charge is -2.39. The minimum atomic E-state index is -5.02. The molecule has 4 nitrogen and oxygen atoms in total. The first kappa shape index (κ1) is 34.6. The van der Waals surface area contributed by atoms with Crippen molar-refractivity contribution < 1.29 is 27.4 Å². The van der Waals surface area contributed by atoms with E-state index in [4.69, 9.17) is 9.73 Å². The van der Waals surface area contributed by atoms with Crippen LogP contribution in [0.1, 0.15) is 42.5 Å². The summed E-state index contributed by atoms with van der Waals surface area (Å²) in [6, 6.07) is 42.2. The van der Waals surface area contributed by atoms with Crippen LogP contribution in [0.2, 0.25) is 0 Å². The lowest BCUT2D eigenvalue weighted by atomic mass is 9.74. The van der Waals surface area contributed by atoms with Gasteiger partial charge in [0.1, 0.15) is 17.1 Å². The molecule has 1 heterocycles. The van der Waals surface area contributed by atoms with Crippen molar-refractivity contribution in [3.05, 3.63) is 179 Å². The smallest absolute Gasteiger partial charge is 0.418 e. The van der Waals surface area contributed by atoms with Gasteiger partial charge in [0.2, 0.25) is 0 Å². The number of pyridine rings is 1. The van der Waals surface area contributed by atoms with Gasteiger partial charge in [-0.25, -0.2) is 4.39 Å². The Bertz CT molecular complexity index is 2050. The van der Waals surface area contributed by atoms with Crippen LogP contribution in [0.4, 0.5) is 17.6 Å². The summed E-state index contributed by atoms with van der Waals surface area (Å²) < 4.78 is 66.0. The first-order valence-corrected chi connectivity index (χ1v) is 16.3. The van der Waals surface area contributed by atoms with E-state index in [1.807, 2.05) is 103 Å². The highest BCUT2D eigenvalue weighted by Gasteiger charge is 2.56. The largest absolute Gasteiger partial charge is 0.496 e. The monoisotopic (exact) mass is 678 g/mol. The summed E-state index contributed by atoms with van der Waals surface area (Å²) in [6.45, 7) is 2.28. The zero-order valence-electron chi connectivity index (χ0n) is 28.0. The minimum Gasteiger partial charge on any atom is -0.496 e. The molecule has 256 valence electrons. The maximum atomic E-state index is 15.0. The molecule has 1 atom stereocenters. The lowest BCUT2D eigenvalue weighted by Crippen LogP contribution is -2.52. The van der Waals surface area contributed by atoms with Crippen molar-refractivity contribution in [2.24, 2.45) is 4.99 Å². The van der Waals surface area contributed by atoms with Crippen LogP contribution in [0, 0.1) is 5.82 Å². The molecule has 5 aromatic carbocycles. The van der Waals surface area contributed by atoms with Crippen LogP contribution < -0.4 is 10.1 Å². The third kappa shape index (κ3) is 6.55. The number of fused-ring (bicyclic) bond motifs is 1. The number of rotatable bonds is 10. The number of para-hydroxylation sites is 1. The Kier molecular flexibility index (Phi) is 9.42. The Morgan fingerprint density at radius 1 is 0.700 bits per heavy atom. The number of aliphatic hydroxyl groups is 1. The summed E-state index contributed by atoms with van der Waals surface area (Å²) in [5.74, 6) is -0.370. The molecule has 1 aromatic heterocycles. The van der Waals surface area contributed by atoms with E-state index in [0.29, 0.717) is 16.3 Å². The summed E-state index contributed by atoms with van der Waals surface area (Å²) in [5.41, 5.74) is -2.09. The van der Waals surface area contributed by atoms with Gasteiger partial charge in [-0.15, -0.1) is 0 Å². The van der Waals surface area contributed by atoms with Crippen LogP contribution in [0.5, 0.6) is 5.75 Å². The number of hydrogen-bond donors (Lipinski definition) is 1. The standard InChI is InChI=1S/C42H38F4N2O2/c1-39(2,35-27-33(43)23-24-38(35)50-3)28-40(49,42(44,45)46)29-48-26-25-36(34-21-13-14-22-37(34)48)47-41(30-15-7-4-8-16-30,31-17-9-5-10-18-31)32-19-11-6-12-20-32/h4-27,49H,28-29H2,1-3H3/b47-36+. The molecule has 8 heteroatoms. The molecule has 0 radical (unpaired) electrons. The Morgan fingerprint density at radius 2 is 1.22 bits per heavy atom. The molecule has 1 N–H and O–H groups in total. The third-order valence-corrected chi connectivity index (χ3v) is 9.35. The average Bonchev–Trinajstić information content (AvgIpc) is 3.12. The van der Waals surface area contributed by atoms with Gasteiger partial charge in [0.15, 0.2) is 5.60 Å². The molecule has 50 heavy (non-hydrogen) atoms. The van der Waals surface area contributed by atoms with Crippen molar-refractivity contribution in [2.45, 2.75) is 49.5 Å². The number of benzene rings is 5. The Balaban J connectivity index is 1.54. The van der Waals surface area contributed by atoms with Gasteiger partial charge in [0.25, 0.3) is 0 Å². The molecule has 0 spiro atoms. The van der Waals surface area contributed by atoms with E-state index < -0.39 is 41.5 Å². The van der Waals surface area contributed by atoms with Gasteiger partial charge in [-0.2, -0.15) is 13.2 Å². The summed E-state index contributed by atoms with van der Waals surface area (Å²) in [4.78, 5) is 5.49. The fourth-order valence-electron chi connectivity index (χ4n) is 6.98. The number of alkyl halides is 3. The zero-order valence-corrected chi connectivity index (χ0v) is 28.0. The quantitative estimate of drug-likeness (QED) is 0.116. The molecule has 1 unspecified atom stereocenters. The van der Waals surface area contributed by atoms with E-state index in [-0.39, 0.29) is 11.3 Å². The van der Waals surface area contributed by atoms with Crippen LogP contribution in [-0.4, -0.2) is 28.6 Å². The van der Waals surface area contributed by atoms with Crippen LogP contribution in [0.15, 0.2) is 151 Å². The number of ether oxygens (including phenoxy) is 1. The molecule has 0 aliphatic carbocycles. The first-order valence-electron chi connectivity index (χ1n) is 16.3. The molecule has 0 amide bonds. The van der Waals surface area contributed by atoms with Gasteiger partial charge in [-0.1, -0.05) is 123 Å². The maximum absolute atomic E-state index is 15.0. The van der Waals surface area contributed by atoms with Crippen LogP contribution in [0.25, 0.3) is 10.9 Å². The fraction of sp³-hybridized carbons (Fsp3) is 0.214. The van der Waals surface area contributed by atoms with E-state index in [0.717, 1.165) is 22.8 Å². The first-order chi connectivity index (χ1) is 23.9. The second-order valence-electron chi connectivity index (χ2n) is 13.2. The van der Waals surface area contributed by atoms with E-state index >= 15 is 0 Å². The Hall–Kier alpha value is -5.21. The van der Waals surface area contributed by atoms with Crippen LogP contribution in [-0.2, 0) is 17.5 Å². The molecule has 0 fully saturated rings. The molecule has 0 aliphatic rings. The van der Waals surface area contributed by atoms with Gasteiger partial charge in [-0.3, -0.25) is 4.99 Å².